The number of rotatable bonds is 7. The van der Waals surface area contributed by atoms with Crippen molar-refractivity contribution in [3.05, 3.63) is 0 Å². The quantitative estimate of drug-likeness (QED) is 0.780. The van der Waals surface area contributed by atoms with E-state index in [-0.39, 0.29) is 23.8 Å². The van der Waals surface area contributed by atoms with Gasteiger partial charge in [0.15, 0.2) is 0 Å². The number of carbonyl (C=O) groups excluding carboxylic acids is 2. The molecule has 134 valence electrons. The first kappa shape index (κ1) is 19.9. The van der Waals surface area contributed by atoms with Gasteiger partial charge in [-0.05, 0) is 38.3 Å². The van der Waals surface area contributed by atoms with Crippen LogP contribution in [0.3, 0.4) is 0 Å². The average Bonchev–Trinajstić information content (AvgIpc) is 2.50. The molecule has 1 saturated heterocycles. The van der Waals surface area contributed by atoms with Crippen molar-refractivity contribution >= 4 is 11.8 Å². The van der Waals surface area contributed by atoms with E-state index in [4.69, 9.17) is 0 Å². The standard InChI is InChI=1S/C18H35N3O2/c1-7-14(4)16(18(23)21(6)12-13(2)3)19-17(22)15-10-8-9-11-20(15)5/h13-16H,7-12H2,1-6H3,(H,19,22)/t14-,15+,16-/m0/s1. The average molecular weight is 325 g/mol. The number of amides is 2. The molecule has 1 aliphatic heterocycles. The van der Waals surface area contributed by atoms with Gasteiger partial charge in [0.25, 0.3) is 0 Å². The maximum atomic E-state index is 12.8. The van der Waals surface area contributed by atoms with Gasteiger partial charge in [-0.3, -0.25) is 14.5 Å². The Labute approximate surface area is 141 Å². The van der Waals surface area contributed by atoms with Gasteiger partial charge in [0.1, 0.15) is 6.04 Å². The molecule has 5 nitrogen and oxygen atoms in total. The van der Waals surface area contributed by atoms with Gasteiger partial charge in [-0.15, -0.1) is 0 Å². The lowest BCUT2D eigenvalue weighted by Crippen LogP contribution is -2.56. The first-order chi connectivity index (χ1) is 10.8. The van der Waals surface area contributed by atoms with Crippen LogP contribution in [0.5, 0.6) is 0 Å². The Morgan fingerprint density at radius 1 is 1.26 bits per heavy atom. The van der Waals surface area contributed by atoms with E-state index in [1.54, 1.807) is 4.90 Å². The molecule has 0 saturated carbocycles. The maximum Gasteiger partial charge on any atom is 0.245 e. The third-order valence-electron chi connectivity index (χ3n) is 4.87. The van der Waals surface area contributed by atoms with Crippen LogP contribution in [0.15, 0.2) is 0 Å². The van der Waals surface area contributed by atoms with E-state index in [2.05, 4.69) is 31.0 Å². The molecule has 0 aromatic carbocycles. The SMILES string of the molecule is CC[C@H](C)[C@H](NC(=O)[C@H]1CCCCN1C)C(=O)N(C)CC(C)C. The van der Waals surface area contributed by atoms with E-state index in [1.807, 2.05) is 21.0 Å². The largest absolute Gasteiger partial charge is 0.344 e. The van der Waals surface area contributed by atoms with E-state index in [1.165, 1.54) is 0 Å². The molecule has 1 aliphatic rings. The Morgan fingerprint density at radius 2 is 1.91 bits per heavy atom. The number of likely N-dealkylation sites (N-methyl/N-ethyl adjacent to an activating group) is 2. The third-order valence-corrected chi connectivity index (χ3v) is 4.87. The maximum absolute atomic E-state index is 12.8. The summed E-state index contributed by atoms with van der Waals surface area (Å²) < 4.78 is 0. The van der Waals surface area contributed by atoms with Crippen molar-refractivity contribution < 1.29 is 9.59 Å². The highest BCUT2D eigenvalue weighted by Crippen LogP contribution is 2.17. The lowest BCUT2D eigenvalue weighted by atomic mass is 9.96. The Kier molecular flexibility index (Phi) is 8.03. The highest BCUT2D eigenvalue weighted by molar-refractivity contribution is 5.90. The normalized spacial score (nSPS) is 21.8. The molecule has 5 heteroatoms. The van der Waals surface area contributed by atoms with Crippen molar-refractivity contribution in [3.63, 3.8) is 0 Å². The van der Waals surface area contributed by atoms with Crippen LogP contribution in [0.2, 0.25) is 0 Å². The van der Waals surface area contributed by atoms with Crippen molar-refractivity contribution in [1.82, 2.24) is 15.1 Å². The van der Waals surface area contributed by atoms with Gasteiger partial charge >= 0.3 is 0 Å². The van der Waals surface area contributed by atoms with Crippen molar-refractivity contribution in [2.45, 2.75) is 65.5 Å². The van der Waals surface area contributed by atoms with Crippen molar-refractivity contribution in [3.8, 4) is 0 Å². The van der Waals surface area contributed by atoms with Gasteiger partial charge < -0.3 is 10.2 Å². The number of nitrogens with zero attached hydrogens (tertiary/aromatic N) is 2. The molecule has 0 radical (unpaired) electrons. The highest BCUT2D eigenvalue weighted by atomic mass is 16.2. The fraction of sp³-hybridized carbons (Fsp3) is 0.889. The van der Waals surface area contributed by atoms with E-state index < -0.39 is 6.04 Å². The molecule has 0 aromatic heterocycles. The fourth-order valence-corrected chi connectivity index (χ4v) is 3.21. The van der Waals surface area contributed by atoms with Gasteiger partial charge in [0, 0.05) is 13.6 Å². The predicted octanol–water partition coefficient (Wildman–Crippen LogP) is 2.12. The zero-order valence-electron chi connectivity index (χ0n) is 15.8. The number of hydrogen-bond acceptors (Lipinski definition) is 3. The van der Waals surface area contributed by atoms with Crippen LogP contribution in [0, 0.1) is 11.8 Å². The molecule has 1 N–H and O–H groups in total. The summed E-state index contributed by atoms with van der Waals surface area (Å²) in [7, 11) is 3.82. The number of likely N-dealkylation sites (tertiary alicyclic amines) is 1. The van der Waals surface area contributed by atoms with Gasteiger partial charge in [0.05, 0.1) is 6.04 Å². The fourth-order valence-electron chi connectivity index (χ4n) is 3.21. The van der Waals surface area contributed by atoms with Crippen LogP contribution in [0.25, 0.3) is 0 Å². The predicted molar refractivity (Wildman–Crippen MR) is 94.1 cm³/mol. The Morgan fingerprint density at radius 3 is 2.43 bits per heavy atom. The molecule has 2 amide bonds. The van der Waals surface area contributed by atoms with Crippen LogP contribution in [-0.2, 0) is 9.59 Å². The van der Waals surface area contributed by atoms with Crippen molar-refractivity contribution in [1.29, 1.82) is 0 Å². The molecule has 0 aliphatic carbocycles. The minimum absolute atomic E-state index is 0.00352. The third kappa shape index (κ3) is 5.79. The Balaban J connectivity index is 2.77. The highest BCUT2D eigenvalue weighted by Gasteiger charge is 2.33. The van der Waals surface area contributed by atoms with E-state index >= 15 is 0 Å². The number of hydrogen-bond donors (Lipinski definition) is 1. The molecular formula is C18H35N3O2. The summed E-state index contributed by atoms with van der Waals surface area (Å²) in [5.74, 6) is 0.584. The van der Waals surface area contributed by atoms with Crippen LogP contribution < -0.4 is 5.32 Å². The summed E-state index contributed by atoms with van der Waals surface area (Å²) in [4.78, 5) is 29.3. The first-order valence-corrected chi connectivity index (χ1v) is 9.03. The van der Waals surface area contributed by atoms with Crippen molar-refractivity contribution in [2.24, 2.45) is 11.8 Å². The first-order valence-electron chi connectivity index (χ1n) is 9.03. The molecule has 3 atom stereocenters. The second kappa shape index (κ2) is 9.26. The van der Waals surface area contributed by atoms with Crippen LogP contribution in [-0.4, -0.2) is 60.9 Å². The second-order valence-corrected chi connectivity index (χ2v) is 7.48. The number of nitrogens with one attached hydrogen (secondary N) is 1. The van der Waals surface area contributed by atoms with Crippen LogP contribution >= 0.6 is 0 Å². The molecule has 1 fully saturated rings. The van der Waals surface area contributed by atoms with Gasteiger partial charge in [-0.25, -0.2) is 0 Å². The molecule has 0 unspecified atom stereocenters. The van der Waals surface area contributed by atoms with E-state index in [9.17, 15) is 9.59 Å². The summed E-state index contributed by atoms with van der Waals surface area (Å²) in [5, 5.41) is 3.05. The zero-order chi connectivity index (χ0) is 17.6. The lowest BCUT2D eigenvalue weighted by molar-refractivity contribution is -0.138. The lowest BCUT2D eigenvalue weighted by Gasteiger charge is -2.34. The second-order valence-electron chi connectivity index (χ2n) is 7.48. The van der Waals surface area contributed by atoms with E-state index in [0.717, 1.165) is 32.2 Å². The van der Waals surface area contributed by atoms with E-state index in [0.29, 0.717) is 12.5 Å². The smallest absolute Gasteiger partial charge is 0.245 e. The summed E-state index contributed by atoms with van der Waals surface area (Å²) >= 11 is 0. The minimum Gasteiger partial charge on any atom is -0.344 e. The van der Waals surface area contributed by atoms with Crippen molar-refractivity contribution in [2.75, 3.05) is 27.2 Å². The molecule has 0 aromatic rings. The van der Waals surface area contributed by atoms with Gasteiger partial charge in [-0.2, -0.15) is 0 Å². The molecule has 23 heavy (non-hydrogen) atoms. The summed E-state index contributed by atoms with van der Waals surface area (Å²) in [6, 6.07) is -0.523. The summed E-state index contributed by atoms with van der Waals surface area (Å²) in [6.07, 6.45) is 3.97. The molecule has 0 bridgehead atoms. The molecule has 1 rings (SSSR count). The summed E-state index contributed by atoms with van der Waals surface area (Å²) in [5.41, 5.74) is 0. The number of carbonyl (C=O) groups is 2. The van der Waals surface area contributed by atoms with Gasteiger partial charge in [0.2, 0.25) is 11.8 Å². The topological polar surface area (TPSA) is 52.7 Å². The van der Waals surface area contributed by atoms with Crippen LogP contribution in [0.4, 0.5) is 0 Å². The summed E-state index contributed by atoms with van der Waals surface area (Å²) in [6.45, 7) is 9.95. The molecular weight excluding hydrogens is 290 g/mol. The zero-order valence-corrected chi connectivity index (χ0v) is 15.8. The minimum atomic E-state index is -0.424. The molecule has 1 heterocycles. The number of piperidine rings is 1. The monoisotopic (exact) mass is 325 g/mol. The Bertz CT molecular complexity index is 398. The van der Waals surface area contributed by atoms with Crippen LogP contribution in [0.1, 0.15) is 53.4 Å². The Hall–Kier alpha value is -1.10. The van der Waals surface area contributed by atoms with Gasteiger partial charge in [-0.1, -0.05) is 40.5 Å². The molecule has 0 spiro atoms.